The summed E-state index contributed by atoms with van der Waals surface area (Å²) in [7, 11) is 0. The normalized spacial score (nSPS) is 16.0. The highest BCUT2D eigenvalue weighted by Crippen LogP contribution is 2.48. The van der Waals surface area contributed by atoms with Crippen molar-refractivity contribution in [1.82, 2.24) is 5.32 Å². The number of hydrogen-bond donors (Lipinski definition) is 1. The highest BCUT2D eigenvalue weighted by atomic mass is 35.5. The first-order valence-electron chi connectivity index (χ1n) is 6.44. The molecule has 110 valence electrons. The van der Waals surface area contributed by atoms with Crippen LogP contribution in [-0.2, 0) is 0 Å². The molecule has 1 aromatic rings. The number of alkyl halides is 3. The SMILES string of the molecule is O=C(NCC1(CCCl)CC1)c1ccccc1OC(F)F. The van der Waals surface area contributed by atoms with Crippen LogP contribution in [0.1, 0.15) is 29.6 Å². The van der Waals surface area contributed by atoms with Crippen molar-refractivity contribution in [2.24, 2.45) is 5.41 Å². The summed E-state index contributed by atoms with van der Waals surface area (Å²) in [6, 6.07) is 5.98. The zero-order valence-electron chi connectivity index (χ0n) is 10.9. The fourth-order valence-electron chi connectivity index (χ4n) is 2.11. The first-order valence-corrected chi connectivity index (χ1v) is 6.98. The average molecular weight is 304 g/mol. The van der Waals surface area contributed by atoms with Gasteiger partial charge in [-0.15, -0.1) is 11.6 Å². The van der Waals surface area contributed by atoms with Gasteiger partial charge in [-0.2, -0.15) is 8.78 Å². The minimum atomic E-state index is -2.95. The Morgan fingerprint density at radius 2 is 2.10 bits per heavy atom. The van der Waals surface area contributed by atoms with Gasteiger partial charge in [0, 0.05) is 12.4 Å². The molecule has 6 heteroatoms. The van der Waals surface area contributed by atoms with Crippen LogP contribution in [0.3, 0.4) is 0 Å². The van der Waals surface area contributed by atoms with E-state index in [0.29, 0.717) is 12.4 Å². The van der Waals surface area contributed by atoms with Crippen LogP contribution in [0.5, 0.6) is 5.75 Å². The maximum atomic E-state index is 12.3. The number of hydrogen-bond acceptors (Lipinski definition) is 2. The van der Waals surface area contributed by atoms with E-state index in [4.69, 9.17) is 11.6 Å². The highest BCUT2D eigenvalue weighted by molar-refractivity contribution is 6.17. The summed E-state index contributed by atoms with van der Waals surface area (Å²) in [5.74, 6) is 0.0466. The topological polar surface area (TPSA) is 38.3 Å². The van der Waals surface area contributed by atoms with Crippen LogP contribution in [0.25, 0.3) is 0 Å². The summed E-state index contributed by atoms with van der Waals surface area (Å²) in [6.07, 6.45) is 2.92. The smallest absolute Gasteiger partial charge is 0.387 e. The van der Waals surface area contributed by atoms with Gasteiger partial charge in [0.05, 0.1) is 5.56 Å². The number of carbonyl (C=O) groups is 1. The molecule has 0 bridgehead atoms. The number of rotatable bonds is 7. The van der Waals surface area contributed by atoms with Crippen LogP contribution in [0.2, 0.25) is 0 Å². The molecule has 0 atom stereocenters. The number of ether oxygens (including phenoxy) is 1. The lowest BCUT2D eigenvalue weighted by atomic mass is 10.0. The fourth-order valence-corrected chi connectivity index (χ4v) is 2.51. The van der Waals surface area contributed by atoms with Crippen molar-refractivity contribution in [3.63, 3.8) is 0 Å². The molecule has 1 aliphatic rings. The number of halogens is 3. The lowest BCUT2D eigenvalue weighted by Gasteiger charge is -2.15. The molecule has 1 N–H and O–H groups in total. The molecule has 0 aliphatic heterocycles. The lowest BCUT2D eigenvalue weighted by molar-refractivity contribution is -0.0501. The molecule has 0 heterocycles. The molecule has 20 heavy (non-hydrogen) atoms. The van der Waals surface area contributed by atoms with E-state index in [1.54, 1.807) is 12.1 Å². The number of amides is 1. The summed E-state index contributed by atoms with van der Waals surface area (Å²) in [5.41, 5.74) is 0.213. The molecule has 2 rings (SSSR count). The standard InChI is InChI=1S/C14H16ClF2NO2/c15-8-7-14(5-6-14)9-18-12(19)10-3-1-2-4-11(10)20-13(16)17/h1-4,13H,5-9H2,(H,18,19). The first kappa shape index (κ1) is 15.0. The minimum absolute atomic E-state index is 0.0932. The van der Waals surface area contributed by atoms with E-state index in [-0.39, 0.29) is 16.7 Å². The molecule has 0 aromatic heterocycles. The van der Waals surface area contributed by atoms with Crippen molar-refractivity contribution in [2.75, 3.05) is 12.4 Å². The number of nitrogens with one attached hydrogen (secondary N) is 1. The summed E-state index contributed by atoms with van der Waals surface area (Å²) in [4.78, 5) is 12.1. The Bertz CT molecular complexity index is 478. The number of carbonyl (C=O) groups excluding carboxylic acids is 1. The molecule has 0 spiro atoms. The predicted molar refractivity (Wildman–Crippen MR) is 72.4 cm³/mol. The van der Waals surface area contributed by atoms with Gasteiger partial charge < -0.3 is 10.1 Å². The molecule has 0 radical (unpaired) electrons. The molecule has 1 amide bonds. The van der Waals surface area contributed by atoms with Gasteiger partial charge in [-0.25, -0.2) is 0 Å². The maximum absolute atomic E-state index is 12.3. The average Bonchev–Trinajstić information content (AvgIpc) is 3.17. The Kier molecular flexibility index (Phi) is 4.81. The summed E-state index contributed by atoms with van der Waals surface area (Å²) < 4.78 is 28.9. The second-order valence-corrected chi connectivity index (χ2v) is 5.37. The van der Waals surface area contributed by atoms with Crippen LogP contribution >= 0.6 is 11.6 Å². The Hall–Kier alpha value is -1.36. The zero-order valence-corrected chi connectivity index (χ0v) is 11.6. The van der Waals surface area contributed by atoms with Gasteiger partial charge >= 0.3 is 6.61 Å². The number of para-hydroxylation sites is 1. The molecule has 3 nitrogen and oxygen atoms in total. The third-order valence-electron chi connectivity index (χ3n) is 3.55. The van der Waals surface area contributed by atoms with E-state index in [9.17, 15) is 13.6 Å². The van der Waals surface area contributed by atoms with Crippen LogP contribution in [0.15, 0.2) is 24.3 Å². The van der Waals surface area contributed by atoms with E-state index in [1.165, 1.54) is 12.1 Å². The highest BCUT2D eigenvalue weighted by Gasteiger charge is 2.41. The second-order valence-electron chi connectivity index (χ2n) is 5.00. The monoisotopic (exact) mass is 303 g/mol. The molecule has 0 saturated heterocycles. The van der Waals surface area contributed by atoms with E-state index in [1.807, 2.05) is 0 Å². The van der Waals surface area contributed by atoms with Gasteiger partial charge in [0.25, 0.3) is 5.91 Å². The summed E-state index contributed by atoms with van der Waals surface area (Å²) in [6.45, 7) is -2.43. The minimum Gasteiger partial charge on any atom is -0.434 e. The molecular formula is C14H16ClF2NO2. The van der Waals surface area contributed by atoms with Crippen LogP contribution in [-0.4, -0.2) is 24.9 Å². The number of benzene rings is 1. The second kappa shape index (κ2) is 6.39. The van der Waals surface area contributed by atoms with Crippen LogP contribution < -0.4 is 10.1 Å². The van der Waals surface area contributed by atoms with Gasteiger partial charge in [-0.3, -0.25) is 4.79 Å². The van der Waals surface area contributed by atoms with Gasteiger partial charge in [0.1, 0.15) is 5.75 Å². The van der Waals surface area contributed by atoms with Gasteiger partial charge in [0.2, 0.25) is 0 Å². The lowest BCUT2D eigenvalue weighted by Crippen LogP contribution is -2.30. The van der Waals surface area contributed by atoms with E-state index < -0.39 is 12.5 Å². The summed E-state index contributed by atoms with van der Waals surface area (Å²) in [5, 5.41) is 2.78. The third-order valence-corrected chi connectivity index (χ3v) is 3.74. The molecule has 0 unspecified atom stereocenters. The van der Waals surface area contributed by atoms with Gasteiger partial charge in [-0.05, 0) is 36.8 Å². The van der Waals surface area contributed by atoms with Crippen molar-refractivity contribution in [3.05, 3.63) is 29.8 Å². The van der Waals surface area contributed by atoms with E-state index in [2.05, 4.69) is 10.1 Å². The van der Waals surface area contributed by atoms with Crippen molar-refractivity contribution in [3.8, 4) is 5.75 Å². The van der Waals surface area contributed by atoms with Crippen LogP contribution in [0, 0.1) is 5.41 Å². The van der Waals surface area contributed by atoms with Crippen molar-refractivity contribution in [2.45, 2.75) is 25.9 Å². The van der Waals surface area contributed by atoms with Crippen molar-refractivity contribution >= 4 is 17.5 Å². The maximum Gasteiger partial charge on any atom is 0.387 e. The predicted octanol–water partition coefficient (Wildman–Crippen LogP) is 3.43. The van der Waals surface area contributed by atoms with Crippen molar-refractivity contribution in [1.29, 1.82) is 0 Å². The summed E-state index contributed by atoms with van der Waals surface area (Å²) >= 11 is 5.72. The van der Waals surface area contributed by atoms with Crippen LogP contribution in [0.4, 0.5) is 8.78 Å². The molecular weight excluding hydrogens is 288 g/mol. The first-order chi connectivity index (χ1) is 9.56. The Balaban J connectivity index is 1.98. The zero-order chi connectivity index (χ0) is 14.6. The fraction of sp³-hybridized carbons (Fsp3) is 0.500. The largest absolute Gasteiger partial charge is 0.434 e. The quantitative estimate of drug-likeness (QED) is 0.784. The van der Waals surface area contributed by atoms with Gasteiger partial charge in [0.15, 0.2) is 0 Å². The third kappa shape index (κ3) is 3.82. The molecule has 1 saturated carbocycles. The van der Waals surface area contributed by atoms with Gasteiger partial charge in [-0.1, -0.05) is 12.1 Å². The molecule has 1 aromatic carbocycles. The Labute approximate surface area is 121 Å². The molecule has 1 aliphatic carbocycles. The Morgan fingerprint density at radius 3 is 2.70 bits per heavy atom. The molecule has 1 fully saturated rings. The van der Waals surface area contributed by atoms with E-state index >= 15 is 0 Å². The van der Waals surface area contributed by atoms with E-state index in [0.717, 1.165) is 19.3 Å². The Morgan fingerprint density at radius 1 is 1.40 bits per heavy atom. The van der Waals surface area contributed by atoms with Crippen molar-refractivity contribution < 1.29 is 18.3 Å².